The number of thioether (sulfide) groups is 1. The zero-order chi connectivity index (χ0) is 23.7. The van der Waals surface area contributed by atoms with Gasteiger partial charge in [0.1, 0.15) is 18.4 Å². The molecule has 1 unspecified atom stereocenters. The van der Waals surface area contributed by atoms with E-state index in [2.05, 4.69) is 5.32 Å². The molecule has 3 heterocycles. The molecule has 9 heteroatoms. The number of carbonyl (C=O) groups excluding carboxylic acids is 4. The summed E-state index contributed by atoms with van der Waals surface area (Å²) in [5.74, 6) is 1.63. The van der Waals surface area contributed by atoms with Gasteiger partial charge < -0.3 is 14.5 Å². The molecule has 0 aromatic heterocycles. The number of hydrogen-bond donors (Lipinski definition) is 1. The second-order valence-electron chi connectivity index (χ2n) is 8.57. The van der Waals surface area contributed by atoms with E-state index in [1.165, 1.54) is 4.90 Å². The highest BCUT2D eigenvalue weighted by molar-refractivity contribution is 7.99. The van der Waals surface area contributed by atoms with Crippen LogP contribution >= 0.6 is 11.8 Å². The molecule has 2 fully saturated rings. The first-order valence-corrected chi connectivity index (χ1v) is 12.5. The SMILES string of the molecule is O=C1CCC(N2Cc3c(OCc4ccc(C(=O)N5CCSCC5)cc4)cccc3C2=O)C(=O)N1. The summed E-state index contributed by atoms with van der Waals surface area (Å²) in [5.41, 5.74) is 2.84. The minimum atomic E-state index is -0.658. The summed E-state index contributed by atoms with van der Waals surface area (Å²) < 4.78 is 6.05. The molecular formula is C25H25N3O5S. The highest BCUT2D eigenvalue weighted by Gasteiger charge is 2.40. The number of nitrogens with zero attached hydrogens (tertiary/aromatic N) is 2. The van der Waals surface area contributed by atoms with Gasteiger partial charge in [-0.2, -0.15) is 11.8 Å². The first-order valence-electron chi connectivity index (χ1n) is 11.4. The van der Waals surface area contributed by atoms with Crippen molar-refractivity contribution in [2.24, 2.45) is 0 Å². The fraction of sp³-hybridized carbons (Fsp3) is 0.360. The van der Waals surface area contributed by atoms with E-state index in [1.807, 2.05) is 47.0 Å². The normalized spacial score (nSPS) is 20.2. The lowest BCUT2D eigenvalue weighted by molar-refractivity contribution is -0.136. The summed E-state index contributed by atoms with van der Waals surface area (Å²) in [6.45, 7) is 2.11. The monoisotopic (exact) mass is 479 g/mol. The summed E-state index contributed by atoms with van der Waals surface area (Å²) in [6.07, 6.45) is 0.539. The summed E-state index contributed by atoms with van der Waals surface area (Å²) in [5, 5.41) is 2.32. The van der Waals surface area contributed by atoms with Crippen molar-refractivity contribution in [3.63, 3.8) is 0 Å². The molecule has 0 saturated carbocycles. The van der Waals surface area contributed by atoms with Crippen molar-refractivity contribution in [1.29, 1.82) is 0 Å². The Morgan fingerprint density at radius 2 is 1.82 bits per heavy atom. The molecule has 1 atom stereocenters. The number of imide groups is 1. The Morgan fingerprint density at radius 1 is 1.06 bits per heavy atom. The van der Waals surface area contributed by atoms with Gasteiger partial charge in [0.05, 0.1) is 6.54 Å². The molecule has 3 aliphatic rings. The minimum absolute atomic E-state index is 0.0562. The number of benzene rings is 2. The summed E-state index contributed by atoms with van der Waals surface area (Å²) in [6, 6.07) is 12.1. The van der Waals surface area contributed by atoms with Crippen LogP contribution in [-0.2, 0) is 22.7 Å². The Morgan fingerprint density at radius 3 is 2.56 bits per heavy atom. The molecule has 2 aromatic rings. The molecule has 1 N–H and O–H groups in total. The third kappa shape index (κ3) is 4.40. The average Bonchev–Trinajstić information content (AvgIpc) is 3.20. The number of fused-ring (bicyclic) bond motifs is 1. The van der Waals surface area contributed by atoms with Crippen molar-refractivity contribution < 1.29 is 23.9 Å². The molecule has 0 bridgehead atoms. The van der Waals surface area contributed by atoms with Gasteiger partial charge in [0, 0.05) is 47.7 Å². The van der Waals surface area contributed by atoms with E-state index < -0.39 is 11.9 Å². The zero-order valence-corrected chi connectivity index (χ0v) is 19.4. The van der Waals surface area contributed by atoms with E-state index in [-0.39, 0.29) is 37.3 Å². The molecule has 8 nitrogen and oxygen atoms in total. The van der Waals surface area contributed by atoms with Crippen LogP contribution in [0, 0.1) is 0 Å². The van der Waals surface area contributed by atoms with Crippen LogP contribution in [0.5, 0.6) is 5.75 Å². The van der Waals surface area contributed by atoms with Crippen molar-refractivity contribution in [2.45, 2.75) is 32.0 Å². The molecular weight excluding hydrogens is 454 g/mol. The van der Waals surface area contributed by atoms with Crippen LogP contribution in [0.25, 0.3) is 0 Å². The maximum absolute atomic E-state index is 12.9. The number of piperidine rings is 1. The second kappa shape index (κ2) is 9.50. The van der Waals surface area contributed by atoms with E-state index >= 15 is 0 Å². The highest BCUT2D eigenvalue weighted by atomic mass is 32.2. The molecule has 5 rings (SSSR count). The molecule has 0 radical (unpaired) electrons. The fourth-order valence-corrected chi connectivity index (χ4v) is 5.45. The van der Waals surface area contributed by atoms with E-state index in [1.54, 1.807) is 12.1 Å². The average molecular weight is 480 g/mol. The molecule has 2 aromatic carbocycles. The Balaban J connectivity index is 1.25. The largest absolute Gasteiger partial charge is 0.489 e. The number of ether oxygens (including phenoxy) is 1. The number of carbonyl (C=O) groups is 4. The van der Waals surface area contributed by atoms with Crippen LogP contribution in [0.3, 0.4) is 0 Å². The lowest BCUT2D eigenvalue weighted by Crippen LogP contribution is -2.52. The first-order chi connectivity index (χ1) is 16.5. The van der Waals surface area contributed by atoms with Crippen LogP contribution in [0.1, 0.15) is 44.7 Å². The standard InChI is InChI=1S/C25H25N3O5S/c29-22-9-8-20(23(30)26-22)28-14-19-18(25(28)32)2-1-3-21(19)33-15-16-4-6-17(7-5-16)24(31)27-10-12-34-13-11-27/h1-7,20H,8-15H2,(H,26,29,30). The van der Waals surface area contributed by atoms with Gasteiger partial charge in [-0.15, -0.1) is 0 Å². The lowest BCUT2D eigenvalue weighted by atomic mass is 10.0. The molecule has 3 aliphatic heterocycles. The fourth-order valence-electron chi connectivity index (χ4n) is 4.55. The Labute approximate surface area is 201 Å². The van der Waals surface area contributed by atoms with Crippen molar-refractivity contribution in [2.75, 3.05) is 24.6 Å². The third-order valence-corrected chi connectivity index (χ3v) is 7.38. The molecule has 0 aliphatic carbocycles. The van der Waals surface area contributed by atoms with Crippen LogP contribution in [0.2, 0.25) is 0 Å². The van der Waals surface area contributed by atoms with Crippen LogP contribution < -0.4 is 10.1 Å². The number of rotatable bonds is 5. The number of amides is 4. The van der Waals surface area contributed by atoms with E-state index in [4.69, 9.17) is 4.74 Å². The minimum Gasteiger partial charge on any atom is -0.489 e. The van der Waals surface area contributed by atoms with Gasteiger partial charge in [-0.05, 0) is 36.2 Å². The summed E-state index contributed by atoms with van der Waals surface area (Å²) >= 11 is 1.87. The van der Waals surface area contributed by atoms with Gasteiger partial charge in [-0.25, -0.2) is 0 Å². The third-order valence-electron chi connectivity index (χ3n) is 6.43. The maximum Gasteiger partial charge on any atom is 0.255 e. The number of nitrogens with one attached hydrogen (secondary N) is 1. The van der Waals surface area contributed by atoms with Gasteiger partial charge in [0.25, 0.3) is 11.8 Å². The molecule has 0 spiro atoms. The van der Waals surface area contributed by atoms with Crippen molar-refractivity contribution in [1.82, 2.24) is 15.1 Å². The van der Waals surface area contributed by atoms with E-state index in [0.29, 0.717) is 23.3 Å². The molecule has 176 valence electrons. The Bertz CT molecular complexity index is 1140. The second-order valence-corrected chi connectivity index (χ2v) is 9.80. The predicted molar refractivity (Wildman–Crippen MR) is 126 cm³/mol. The van der Waals surface area contributed by atoms with Gasteiger partial charge in [0.15, 0.2) is 0 Å². The van der Waals surface area contributed by atoms with Crippen LogP contribution in [0.4, 0.5) is 0 Å². The Kier molecular flexibility index (Phi) is 6.28. The summed E-state index contributed by atoms with van der Waals surface area (Å²) in [4.78, 5) is 52.7. The smallest absolute Gasteiger partial charge is 0.255 e. The van der Waals surface area contributed by atoms with E-state index in [0.717, 1.165) is 35.7 Å². The van der Waals surface area contributed by atoms with Crippen molar-refractivity contribution in [3.8, 4) is 5.75 Å². The Hall–Kier alpha value is -3.33. The number of hydrogen-bond acceptors (Lipinski definition) is 6. The van der Waals surface area contributed by atoms with Crippen LogP contribution in [-0.4, -0.2) is 64.1 Å². The zero-order valence-electron chi connectivity index (χ0n) is 18.6. The van der Waals surface area contributed by atoms with Gasteiger partial charge in [-0.1, -0.05) is 18.2 Å². The van der Waals surface area contributed by atoms with Gasteiger partial charge in [-0.3, -0.25) is 24.5 Å². The molecule has 2 saturated heterocycles. The maximum atomic E-state index is 12.9. The predicted octanol–water partition coefficient (Wildman–Crippen LogP) is 2.22. The first kappa shape index (κ1) is 22.5. The summed E-state index contributed by atoms with van der Waals surface area (Å²) in [7, 11) is 0. The molecule has 4 amide bonds. The highest BCUT2D eigenvalue weighted by Crippen LogP contribution is 2.34. The van der Waals surface area contributed by atoms with E-state index in [9.17, 15) is 19.2 Å². The topological polar surface area (TPSA) is 96.0 Å². The lowest BCUT2D eigenvalue weighted by Gasteiger charge is -2.29. The molecule has 34 heavy (non-hydrogen) atoms. The van der Waals surface area contributed by atoms with Gasteiger partial charge in [0.2, 0.25) is 11.8 Å². The van der Waals surface area contributed by atoms with Crippen LogP contribution in [0.15, 0.2) is 42.5 Å². The van der Waals surface area contributed by atoms with Crippen molar-refractivity contribution >= 4 is 35.4 Å². The van der Waals surface area contributed by atoms with Gasteiger partial charge >= 0.3 is 0 Å². The quantitative estimate of drug-likeness (QED) is 0.661. The van der Waals surface area contributed by atoms with Crippen molar-refractivity contribution in [3.05, 3.63) is 64.7 Å².